The van der Waals surface area contributed by atoms with Crippen molar-refractivity contribution in [3.05, 3.63) is 62.2 Å². The first-order chi connectivity index (χ1) is 12.5. The second kappa shape index (κ2) is 7.59. The van der Waals surface area contributed by atoms with E-state index in [0.29, 0.717) is 28.6 Å². The van der Waals surface area contributed by atoms with Crippen LogP contribution in [0.4, 0.5) is 11.4 Å². The summed E-state index contributed by atoms with van der Waals surface area (Å²) in [6.45, 7) is 0.380. The standard InChI is InChI=1S/C17H15ClN2O6/c1-19-14-3-2-10(6-15(14)20(22)23)17(21)25-8-12-5-13(18)4-11-7-24-9-26-16(11)12/h2-6,19H,7-9H2,1H3. The predicted octanol–water partition coefficient (Wildman–Crippen LogP) is 3.51. The molecule has 0 aliphatic carbocycles. The van der Waals surface area contributed by atoms with Crippen molar-refractivity contribution in [2.24, 2.45) is 0 Å². The van der Waals surface area contributed by atoms with E-state index in [-0.39, 0.29) is 24.7 Å². The largest absolute Gasteiger partial charge is 0.467 e. The number of nitrogens with one attached hydrogen (secondary N) is 1. The molecule has 0 amide bonds. The van der Waals surface area contributed by atoms with Crippen LogP contribution in [0.25, 0.3) is 0 Å². The summed E-state index contributed by atoms with van der Waals surface area (Å²) in [5, 5.41) is 14.3. The smallest absolute Gasteiger partial charge is 0.338 e. The van der Waals surface area contributed by atoms with Gasteiger partial charge in [-0.05, 0) is 24.3 Å². The summed E-state index contributed by atoms with van der Waals surface area (Å²) in [7, 11) is 1.56. The molecular weight excluding hydrogens is 364 g/mol. The number of hydrogen-bond acceptors (Lipinski definition) is 7. The molecule has 9 heteroatoms. The van der Waals surface area contributed by atoms with Gasteiger partial charge in [0.1, 0.15) is 18.0 Å². The molecule has 0 unspecified atom stereocenters. The maximum absolute atomic E-state index is 12.3. The quantitative estimate of drug-likeness (QED) is 0.482. The lowest BCUT2D eigenvalue weighted by atomic mass is 10.1. The van der Waals surface area contributed by atoms with E-state index >= 15 is 0 Å². The average molecular weight is 379 g/mol. The van der Waals surface area contributed by atoms with Crippen LogP contribution in [-0.4, -0.2) is 24.7 Å². The maximum Gasteiger partial charge on any atom is 0.338 e. The molecule has 0 radical (unpaired) electrons. The predicted molar refractivity (Wildman–Crippen MR) is 93.5 cm³/mol. The molecule has 26 heavy (non-hydrogen) atoms. The van der Waals surface area contributed by atoms with Gasteiger partial charge in [0.15, 0.2) is 6.79 Å². The van der Waals surface area contributed by atoms with Gasteiger partial charge in [0.2, 0.25) is 0 Å². The molecular formula is C17H15ClN2O6. The number of hydrogen-bond donors (Lipinski definition) is 1. The van der Waals surface area contributed by atoms with Crippen molar-refractivity contribution >= 4 is 28.9 Å². The lowest BCUT2D eigenvalue weighted by molar-refractivity contribution is -0.384. The number of nitrogens with zero attached hydrogens (tertiary/aromatic N) is 1. The summed E-state index contributed by atoms with van der Waals surface area (Å²) in [6.07, 6.45) is 0. The van der Waals surface area contributed by atoms with E-state index in [1.54, 1.807) is 19.2 Å². The fourth-order valence-electron chi connectivity index (χ4n) is 2.61. The molecule has 0 aromatic heterocycles. The molecule has 1 aliphatic heterocycles. The minimum atomic E-state index is -0.684. The Balaban J connectivity index is 1.79. The van der Waals surface area contributed by atoms with Crippen molar-refractivity contribution < 1.29 is 23.9 Å². The lowest BCUT2D eigenvalue weighted by Gasteiger charge is -2.21. The molecule has 0 atom stereocenters. The molecule has 1 heterocycles. The van der Waals surface area contributed by atoms with E-state index in [1.807, 2.05) is 0 Å². The SMILES string of the molecule is CNc1ccc(C(=O)OCc2cc(Cl)cc3c2OCOC3)cc1[N+](=O)[O-]. The van der Waals surface area contributed by atoms with Crippen LogP contribution in [0, 0.1) is 10.1 Å². The topological polar surface area (TPSA) is 99.9 Å². The first-order valence-electron chi connectivity index (χ1n) is 7.64. The Kier molecular flexibility index (Phi) is 5.24. The molecule has 0 saturated heterocycles. The average Bonchev–Trinajstić information content (AvgIpc) is 2.65. The second-order valence-electron chi connectivity index (χ2n) is 5.48. The highest BCUT2D eigenvalue weighted by molar-refractivity contribution is 6.30. The highest BCUT2D eigenvalue weighted by Crippen LogP contribution is 2.32. The highest BCUT2D eigenvalue weighted by atomic mass is 35.5. The van der Waals surface area contributed by atoms with E-state index in [4.69, 9.17) is 25.8 Å². The van der Waals surface area contributed by atoms with E-state index in [1.165, 1.54) is 18.2 Å². The Bertz CT molecular complexity index is 871. The van der Waals surface area contributed by atoms with Crippen LogP contribution >= 0.6 is 11.6 Å². The van der Waals surface area contributed by atoms with Gasteiger partial charge in [-0.1, -0.05) is 11.6 Å². The third-order valence-electron chi connectivity index (χ3n) is 3.81. The van der Waals surface area contributed by atoms with E-state index in [9.17, 15) is 14.9 Å². The number of rotatable bonds is 5. The molecule has 0 fully saturated rings. The minimum Gasteiger partial charge on any atom is -0.467 e. The number of fused-ring (bicyclic) bond motifs is 1. The molecule has 2 aromatic carbocycles. The number of nitro benzene ring substituents is 1. The Labute approximate surface area is 153 Å². The third kappa shape index (κ3) is 3.71. The molecule has 1 N–H and O–H groups in total. The summed E-state index contributed by atoms with van der Waals surface area (Å²) >= 11 is 6.07. The lowest BCUT2D eigenvalue weighted by Crippen LogP contribution is -2.14. The molecule has 3 rings (SSSR count). The normalized spacial score (nSPS) is 12.7. The molecule has 2 aromatic rings. The molecule has 0 spiro atoms. The number of halogens is 1. The first-order valence-corrected chi connectivity index (χ1v) is 8.02. The van der Waals surface area contributed by atoms with Crippen molar-refractivity contribution in [1.82, 2.24) is 0 Å². The molecule has 8 nitrogen and oxygen atoms in total. The van der Waals surface area contributed by atoms with E-state index in [2.05, 4.69) is 5.32 Å². The summed E-state index contributed by atoms with van der Waals surface area (Å²) in [4.78, 5) is 22.8. The van der Waals surface area contributed by atoms with Gasteiger partial charge in [-0.25, -0.2) is 4.79 Å². The highest BCUT2D eigenvalue weighted by Gasteiger charge is 2.20. The van der Waals surface area contributed by atoms with Crippen molar-refractivity contribution in [2.75, 3.05) is 19.2 Å². The van der Waals surface area contributed by atoms with Crippen molar-refractivity contribution in [3.63, 3.8) is 0 Å². The Morgan fingerprint density at radius 2 is 2.19 bits per heavy atom. The summed E-state index contributed by atoms with van der Waals surface area (Å²) in [5.74, 6) is -0.110. The van der Waals surface area contributed by atoms with Crippen LogP contribution < -0.4 is 10.1 Å². The Morgan fingerprint density at radius 3 is 2.92 bits per heavy atom. The zero-order valence-corrected chi connectivity index (χ0v) is 14.5. The Morgan fingerprint density at radius 1 is 1.38 bits per heavy atom. The number of benzene rings is 2. The van der Waals surface area contributed by atoms with Crippen LogP contribution in [-0.2, 0) is 22.7 Å². The number of nitro groups is 1. The van der Waals surface area contributed by atoms with Gasteiger partial charge >= 0.3 is 5.97 Å². The van der Waals surface area contributed by atoms with Crippen molar-refractivity contribution in [3.8, 4) is 5.75 Å². The number of ether oxygens (including phenoxy) is 3. The van der Waals surface area contributed by atoms with Gasteiger partial charge in [-0.15, -0.1) is 0 Å². The molecule has 1 aliphatic rings. The fraction of sp³-hybridized carbons (Fsp3) is 0.235. The van der Waals surface area contributed by atoms with Gasteiger partial charge in [-0.2, -0.15) is 0 Å². The van der Waals surface area contributed by atoms with E-state index in [0.717, 1.165) is 5.56 Å². The first kappa shape index (κ1) is 18.0. The van der Waals surface area contributed by atoms with E-state index < -0.39 is 10.9 Å². The number of esters is 1. The zero-order chi connectivity index (χ0) is 18.7. The maximum atomic E-state index is 12.3. The minimum absolute atomic E-state index is 0.0795. The summed E-state index contributed by atoms with van der Waals surface area (Å²) < 4.78 is 15.9. The summed E-state index contributed by atoms with van der Waals surface area (Å²) in [5.41, 5.74) is 1.55. The molecule has 0 bridgehead atoms. The van der Waals surface area contributed by atoms with Gasteiger partial charge in [0.25, 0.3) is 5.69 Å². The van der Waals surface area contributed by atoms with Crippen LogP contribution in [0.1, 0.15) is 21.5 Å². The molecule has 0 saturated carbocycles. The number of carbonyl (C=O) groups is 1. The second-order valence-corrected chi connectivity index (χ2v) is 5.92. The fourth-order valence-corrected chi connectivity index (χ4v) is 2.88. The van der Waals surface area contributed by atoms with Crippen LogP contribution in [0.3, 0.4) is 0 Å². The van der Waals surface area contributed by atoms with Crippen LogP contribution in [0.15, 0.2) is 30.3 Å². The van der Waals surface area contributed by atoms with Crippen LogP contribution in [0.2, 0.25) is 5.02 Å². The summed E-state index contributed by atoms with van der Waals surface area (Å²) in [6, 6.07) is 7.45. The number of anilines is 1. The molecule has 136 valence electrons. The van der Waals surface area contributed by atoms with Gasteiger partial charge in [0.05, 0.1) is 17.1 Å². The van der Waals surface area contributed by atoms with Gasteiger partial charge in [-0.3, -0.25) is 10.1 Å². The van der Waals surface area contributed by atoms with Crippen LogP contribution in [0.5, 0.6) is 5.75 Å². The zero-order valence-electron chi connectivity index (χ0n) is 13.8. The Hall–Kier alpha value is -2.84. The van der Waals surface area contributed by atoms with Gasteiger partial charge < -0.3 is 19.5 Å². The van der Waals surface area contributed by atoms with Crippen molar-refractivity contribution in [1.29, 1.82) is 0 Å². The monoisotopic (exact) mass is 378 g/mol. The van der Waals surface area contributed by atoms with Gasteiger partial charge in [0, 0.05) is 29.3 Å². The number of carbonyl (C=O) groups excluding carboxylic acids is 1. The van der Waals surface area contributed by atoms with Crippen molar-refractivity contribution in [2.45, 2.75) is 13.2 Å². The third-order valence-corrected chi connectivity index (χ3v) is 4.03.